The Morgan fingerprint density at radius 1 is 1.09 bits per heavy atom. The number of thiocarbonyl (C=S) groups is 1. The van der Waals surface area contributed by atoms with Crippen molar-refractivity contribution in [3.05, 3.63) is 106 Å². The van der Waals surface area contributed by atoms with Gasteiger partial charge in [0.05, 0.1) is 36.3 Å². The van der Waals surface area contributed by atoms with E-state index in [1.54, 1.807) is 6.26 Å². The van der Waals surface area contributed by atoms with Crippen molar-refractivity contribution in [2.24, 2.45) is 0 Å². The first-order valence-corrected chi connectivity index (χ1v) is 11.7. The molecule has 5 nitrogen and oxygen atoms in total. The molecule has 4 heterocycles. The quantitative estimate of drug-likeness (QED) is 0.335. The van der Waals surface area contributed by atoms with E-state index in [0.29, 0.717) is 11.7 Å². The molecule has 1 saturated heterocycles. The molecule has 4 aromatic rings. The number of furan rings is 1. The minimum atomic E-state index is -0.0631. The van der Waals surface area contributed by atoms with E-state index in [1.807, 2.05) is 36.5 Å². The molecule has 0 saturated carbocycles. The second-order valence-corrected chi connectivity index (χ2v) is 9.19. The molecule has 3 aromatic heterocycles. The van der Waals surface area contributed by atoms with Crippen LogP contribution in [0.5, 0.6) is 0 Å². The van der Waals surface area contributed by atoms with Crippen LogP contribution in [-0.4, -0.2) is 19.6 Å². The number of aromatic nitrogens is 2. The van der Waals surface area contributed by atoms with Gasteiger partial charge in [-0.2, -0.15) is 0 Å². The van der Waals surface area contributed by atoms with E-state index in [2.05, 4.69) is 79.9 Å². The maximum atomic E-state index is 5.80. The van der Waals surface area contributed by atoms with Crippen LogP contribution in [-0.2, 0) is 6.54 Å². The van der Waals surface area contributed by atoms with Gasteiger partial charge in [0.15, 0.2) is 5.11 Å². The van der Waals surface area contributed by atoms with Gasteiger partial charge in [0.1, 0.15) is 5.76 Å². The van der Waals surface area contributed by atoms with E-state index in [9.17, 15) is 0 Å². The van der Waals surface area contributed by atoms with E-state index >= 15 is 0 Å². The van der Waals surface area contributed by atoms with Crippen molar-refractivity contribution in [2.45, 2.75) is 32.5 Å². The summed E-state index contributed by atoms with van der Waals surface area (Å²) in [4.78, 5) is 6.86. The number of rotatable bonds is 5. The van der Waals surface area contributed by atoms with Gasteiger partial charge in [-0.25, -0.2) is 0 Å². The second kappa shape index (κ2) is 8.56. The fraction of sp³-hybridized carbons (Fsp3) is 0.200. The molecular formula is C25H23BrN4OS. The monoisotopic (exact) mass is 506 g/mol. The zero-order chi connectivity index (χ0) is 22.2. The lowest BCUT2D eigenvalue weighted by molar-refractivity contribution is 0.286. The molecule has 0 radical (unpaired) electrons. The Bertz CT molecular complexity index is 1250. The first-order chi connectivity index (χ1) is 15.5. The summed E-state index contributed by atoms with van der Waals surface area (Å²) in [6, 6.07) is 20.4. The largest absolute Gasteiger partial charge is 0.467 e. The Morgan fingerprint density at radius 3 is 2.62 bits per heavy atom. The highest BCUT2D eigenvalue weighted by Gasteiger charge is 2.41. The molecule has 0 spiro atoms. The SMILES string of the molecule is Cc1cc([C@@H]2[C@@H](c3ccccn3)NC(=S)N2Cc2ccco2)c(C)n1-c1ccccc1Br. The second-order valence-electron chi connectivity index (χ2n) is 7.95. The lowest BCUT2D eigenvalue weighted by Crippen LogP contribution is -2.29. The third-order valence-corrected chi connectivity index (χ3v) is 7.01. The molecule has 0 aliphatic carbocycles. The van der Waals surface area contributed by atoms with Crippen molar-refractivity contribution in [3.63, 3.8) is 0 Å². The molecule has 1 fully saturated rings. The summed E-state index contributed by atoms with van der Waals surface area (Å²) in [6.45, 7) is 4.90. The van der Waals surface area contributed by atoms with Crippen molar-refractivity contribution in [3.8, 4) is 5.69 Å². The Morgan fingerprint density at radius 2 is 1.91 bits per heavy atom. The molecule has 2 atom stereocenters. The Kier molecular flexibility index (Phi) is 5.61. The summed E-state index contributed by atoms with van der Waals surface area (Å²) < 4.78 is 9.01. The van der Waals surface area contributed by atoms with Gasteiger partial charge in [-0.15, -0.1) is 0 Å². The zero-order valence-corrected chi connectivity index (χ0v) is 20.2. The van der Waals surface area contributed by atoms with Gasteiger partial charge < -0.3 is 19.2 Å². The Hall–Kier alpha value is -2.90. The van der Waals surface area contributed by atoms with E-state index < -0.39 is 0 Å². The van der Waals surface area contributed by atoms with Crippen LogP contribution >= 0.6 is 28.1 Å². The van der Waals surface area contributed by atoms with E-state index in [1.165, 1.54) is 17.0 Å². The molecule has 1 N–H and O–H groups in total. The molecule has 1 aliphatic rings. The van der Waals surface area contributed by atoms with Gasteiger partial charge in [-0.05, 0) is 90.0 Å². The van der Waals surface area contributed by atoms with Crippen molar-refractivity contribution >= 4 is 33.3 Å². The van der Waals surface area contributed by atoms with Crippen LogP contribution in [0.3, 0.4) is 0 Å². The molecule has 32 heavy (non-hydrogen) atoms. The van der Waals surface area contributed by atoms with Crippen LogP contribution in [0.25, 0.3) is 5.69 Å². The molecule has 162 valence electrons. The van der Waals surface area contributed by atoms with Crippen LogP contribution in [0, 0.1) is 13.8 Å². The smallest absolute Gasteiger partial charge is 0.170 e. The third-order valence-electron chi connectivity index (χ3n) is 5.99. The summed E-state index contributed by atoms with van der Waals surface area (Å²) in [6.07, 6.45) is 3.53. The van der Waals surface area contributed by atoms with Crippen LogP contribution in [0.1, 0.15) is 40.5 Å². The van der Waals surface area contributed by atoms with Gasteiger partial charge in [-0.1, -0.05) is 18.2 Å². The predicted molar refractivity (Wildman–Crippen MR) is 133 cm³/mol. The van der Waals surface area contributed by atoms with E-state index in [-0.39, 0.29) is 12.1 Å². The maximum Gasteiger partial charge on any atom is 0.170 e. The summed E-state index contributed by atoms with van der Waals surface area (Å²) in [5.74, 6) is 0.875. The molecule has 0 bridgehead atoms. The molecule has 1 aromatic carbocycles. The van der Waals surface area contributed by atoms with Gasteiger partial charge >= 0.3 is 0 Å². The molecule has 1 aliphatic heterocycles. The van der Waals surface area contributed by atoms with Crippen molar-refractivity contribution < 1.29 is 4.42 Å². The number of nitrogens with zero attached hydrogens (tertiary/aromatic N) is 3. The minimum Gasteiger partial charge on any atom is -0.467 e. The first kappa shape index (κ1) is 21.0. The normalized spacial score (nSPS) is 18.2. The van der Waals surface area contributed by atoms with E-state index in [4.69, 9.17) is 16.6 Å². The number of hydrogen-bond acceptors (Lipinski definition) is 3. The summed E-state index contributed by atoms with van der Waals surface area (Å²) in [5.41, 5.74) is 5.64. The van der Waals surface area contributed by atoms with Gasteiger partial charge in [0, 0.05) is 22.1 Å². The summed E-state index contributed by atoms with van der Waals surface area (Å²) in [5, 5.41) is 4.22. The number of aryl methyl sites for hydroxylation is 1. The molecular weight excluding hydrogens is 484 g/mol. The van der Waals surface area contributed by atoms with Gasteiger partial charge in [0.2, 0.25) is 0 Å². The summed E-state index contributed by atoms with van der Waals surface area (Å²) in [7, 11) is 0. The molecule has 5 rings (SSSR count). The zero-order valence-electron chi connectivity index (χ0n) is 17.8. The molecule has 0 amide bonds. The first-order valence-electron chi connectivity index (χ1n) is 10.5. The number of nitrogens with one attached hydrogen (secondary N) is 1. The lowest BCUT2D eigenvalue weighted by Gasteiger charge is -2.27. The number of halogens is 1. The number of benzene rings is 1. The molecule has 0 unspecified atom stereocenters. The van der Waals surface area contributed by atoms with Crippen LogP contribution in [0.4, 0.5) is 0 Å². The van der Waals surface area contributed by atoms with Gasteiger partial charge in [-0.3, -0.25) is 4.98 Å². The average Bonchev–Trinajstić information content (AvgIpc) is 3.49. The topological polar surface area (TPSA) is 46.2 Å². The van der Waals surface area contributed by atoms with Crippen molar-refractivity contribution in [1.82, 2.24) is 19.8 Å². The van der Waals surface area contributed by atoms with Crippen LogP contribution < -0.4 is 5.32 Å². The fourth-order valence-corrected chi connectivity index (χ4v) is 5.34. The van der Waals surface area contributed by atoms with Crippen molar-refractivity contribution in [1.29, 1.82) is 0 Å². The fourth-order valence-electron chi connectivity index (χ4n) is 4.58. The lowest BCUT2D eigenvalue weighted by atomic mass is 9.96. The highest BCUT2D eigenvalue weighted by Crippen LogP contribution is 2.42. The maximum absolute atomic E-state index is 5.80. The van der Waals surface area contributed by atoms with Crippen LogP contribution in [0.15, 0.2) is 82.0 Å². The third kappa shape index (κ3) is 3.65. The predicted octanol–water partition coefficient (Wildman–Crippen LogP) is 6.02. The minimum absolute atomic E-state index is 0.0232. The number of hydrogen-bond donors (Lipinski definition) is 1. The van der Waals surface area contributed by atoms with Crippen molar-refractivity contribution in [2.75, 3.05) is 0 Å². The van der Waals surface area contributed by atoms with Gasteiger partial charge in [0.25, 0.3) is 0 Å². The molecule has 7 heteroatoms. The highest BCUT2D eigenvalue weighted by atomic mass is 79.9. The number of pyridine rings is 1. The average molecular weight is 507 g/mol. The standard InChI is InChI=1S/C25H23BrN4OS/c1-16-14-19(17(2)30(16)22-11-4-3-9-20(22)26)24-23(21-10-5-6-12-27-21)28-25(32)29(24)15-18-8-7-13-31-18/h3-14,23-24H,15H2,1-2H3,(H,28,32)/t23-,24-/m1/s1. The number of para-hydroxylation sites is 1. The Labute approximate surface area is 201 Å². The highest BCUT2D eigenvalue weighted by molar-refractivity contribution is 9.10. The Balaban J connectivity index is 1.64. The van der Waals surface area contributed by atoms with Crippen LogP contribution in [0.2, 0.25) is 0 Å². The van der Waals surface area contributed by atoms with E-state index in [0.717, 1.165) is 21.6 Å². The summed E-state index contributed by atoms with van der Waals surface area (Å²) >= 11 is 9.51.